The molecular weight excluding hydrogens is 326 g/mol. The summed E-state index contributed by atoms with van der Waals surface area (Å²) in [5.41, 5.74) is 1.15. The van der Waals surface area contributed by atoms with Crippen molar-refractivity contribution in [1.29, 1.82) is 0 Å². The molecule has 4 heteroatoms. The van der Waals surface area contributed by atoms with Crippen molar-refractivity contribution in [2.75, 3.05) is 0 Å². The van der Waals surface area contributed by atoms with Gasteiger partial charge in [-0.1, -0.05) is 55.8 Å². The maximum absolute atomic E-state index is 12.6. The highest BCUT2D eigenvalue weighted by atomic mass is 35.5. The minimum atomic E-state index is -0.103. The van der Waals surface area contributed by atoms with E-state index in [2.05, 4.69) is 24.4 Å². The molecule has 0 aliphatic rings. The first-order chi connectivity index (χ1) is 11.1. The molecule has 1 N–H and O–H groups in total. The van der Waals surface area contributed by atoms with E-state index >= 15 is 0 Å². The Hall–Kier alpha value is -1.45. The van der Waals surface area contributed by atoms with E-state index in [1.807, 2.05) is 49.4 Å². The van der Waals surface area contributed by atoms with E-state index in [9.17, 15) is 4.79 Å². The number of amides is 1. The van der Waals surface area contributed by atoms with E-state index in [0.29, 0.717) is 5.02 Å². The van der Waals surface area contributed by atoms with Crippen LogP contribution in [0.3, 0.4) is 0 Å². The molecule has 0 saturated heterocycles. The summed E-state index contributed by atoms with van der Waals surface area (Å²) in [6, 6.07) is 17.8. The van der Waals surface area contributed by atoms with E-state index in [1.165, 1.54) is 0 Å². The summed E-state index contributed by atoms with van der Waals surface area (Å²) in [4.78, 5) is 13.7. The lowest BCUT2D eigenvalue weighted by molar-refractivity contribution is -0.121. The largest absolute Gasteiger partial charge is 0.348 e. The number of thioether (sulfide) groups is 1. The Morgan fingerprint density at radius 3 is 2.26 bits per heavy atom. The SMILES string of the molecule is CC[C@@H](Sc1ccc(Cl)cc1)C(=O)N[C@H](CC)c1ccccc1. The fourth-order valence-electron chi connectivity index (χ4n) is 2.37. The average molecular weight is 348 g/mol. The molecule has 0 spiro atoms. The fraction of sp³-hybridized carbons (Fsp3) is 0.316. The summed E-state index contributed by atoms with van der Waals surface area (Å²) >= 11 is 7.49. The Bertz CT molecular complexity index is 615. The number of rotatable bonds is 7. The number of benzene rings is 2. The molecule has 122 valence electrons. The first-order valence-corrected chi connectivity index (χ1v) is 9.17. The van der Waals surface area contributed by atoms with Gasteiger partial charge in [0.05, 0.1) is 11.3 Å². The molecule has 2 aromatic carbocycles. The van der Waals surface area contributed by atoms with Crippen LogP contribution in [0.2, 0.25) is 5.02 Å². The van der Waals surface area contributed by atoms with Crippen molar-refractivity contribution in [3.63, 3.8) is 0 Å². The second kappa shape index (κ2) is 8.99. The van der Waals surface area contributed by atoms with E-state index in [0.717, 1.165) is 23.3 Å². The van der Waals surface area contributed by atoms with E-state index in [-0.39, 0.29) is 17.2 Å². The molecule has 0 aliphatic heterocycles. The summed E-state index contributed by atoms with van der Waals surface area (Å²) in [5.74, 6) is 0.0863. The minimum Gasteiger partial charge on any atom is -0.348 e. The van der Waals surface area contributed by atoms with Crippen molar-refractivity contribution in [1.82, 2.24) is 5.32 Å². The standard InChI is InChI=1S/C19H22ClNOS/c1-3-17(14-8-6-5-7-9-14)21-19(22)18(4-2)23-16-12-10-15(20)11-13-16/h5-13,17-18H,3-4H2,1-2H3,(H,21,22)/t17-,18-/m1/s1. The predicted molar refractivity (Wildman–Crippen MR) is 99.0 cm³/mol. The lowest BCUT2D eigenvalue weighted by atomic mass is 10.0. The van der Waals surface area contributed by atoms with Gasteiger partial charge < -0.3 is 5.32 Å². The Balaban J connectivity index is 2.02. The van der Waals surface area contributed by atoms with Crippen LogP contribution >= 0.6 is 23.4 Å². The quantitative estimate of drug-likeness (QED) is 0.672. The van der Waals surface area contributed by atoms with Gasteiger partial charge in [-0.25, -0.2) is 0 Å². The van der Waals surface area contributed by atoms with Crippen molar-refractivity contribution < 1.29 is 4.79 Å². The van der Waals surface area contributed by atoms with Crippen molar-refractivity contribution in [3.8, 4) is 0 Å². The summed E-state index contributed by atoms with van der Waals surface area (Å²) in [5, 5.41) is 3.79. The van der Waals surface area contributed by atoms with Crippen molar-refractivity contribution in [2.24, 2.45) is 0 Å². The van der Waals surface area contributed by atoms with Crippen LogP contribution in [0, 0.1) is 0 Å². The van der Waals surface area contributed by atoms with E-state index in [4.69, 9.17) is 11.6 Å². The van der Waals surface area contributed by atoms with Gasteiger partial charge in [0, 0.05) is 9.92 Å². The molecule has 2 nitrogen and oxygen atoms in total. The van der Waals surface area contributed by atoms with Crippen LogP contribution in [0.4, 0.5) is 0 Å². The molecule has 0 unspecified atom stereocenters. The van der Waals surface area contributed by atoms with Crippen molar-refractivity contribution >= 4 is 29.3 Å². The third kappa shape index (κ3) is 5.29. The number of nitrogens with one attached hydrogen (secondary N) is 1. The first-order valence-electron chi connectivity index (χ1n) is 7.91. The number of hydrogen-bond acceptors (Lipinski definition) is 2. The van der Waals surface area contributed by atoms with Gasteiger partial charge >= 0.3 is 0 Å². The zero-order valence-corrected chi connectivity index (χ0v) is 15.0. The maximum atomic E-state index is 12.6. The van der Waals surface area contributed by atoms with Crippen molar-refractivity contribution in [3.05, 3.63) is 65.2 Å². The summed E-state index contributed by atoms with van der Waals surface area (Å²) < 4.78 is 0. The van der Waals surface area contributed by atoms with Crippen LogP contribution in [0.15, 0.2) is 59.5 Å². The third-order valence-corrected chi connectivity index (χ3v) is 5.31. The third-order valence-electron chi connectivity index (χ3n) is 3.68. The Morgan fingerprint density at radius 1 is 1.04 bits per heavy atom. The Labute approximate surface area is 147 Å². The number of carbonyl (C=O) groups excluding carboxylic acids is 1. The zero-order valence-electron chi connectivity index (χ0n) is 13.5. The maximum Gasteiger partial charge on any atom is 0.233 e. The number of carbonyl (C=O) groups is 1. The van der Waals surface area contributed by atoms with E-state index < -0.39 is 0 Å². The summed E-state index contributed by atoms with van der Waals surface area (Å²) in [7, 11) is 0. The number of hydrogen-bond donors (Lipinski definition) is 1. The molecule has 2 aromatic rings. The Kier molecular flexibility index (Phi) is 7.00. The lowest BCUT2D eigenvalue weighted by Gasteiger charge is -2.21. The highest BCUT2D eigenvalue weighted by molar-refractivity contribution is 8.00. The van der Waals surface area contributed by atoms with Crippen LogP contribution in [-0.2, 0) is 4.79 Å². The van der Waals surface area contributed by atoms with Gasteiger partial charge in [0.15, 0.2) is 0 Å². The van der Waals surface area contributed by atoms with Gasteiger partial charge in [-0.05, 0) is 42.7 Å². The first kappa shape index (κ1) is 17.9. The summed E-state index contributed by atoms with van der Waals surface area (Å²) in [6.45, 7) is 4.13. The molecule has 1 amide bonds. The molecule has 2 rings (SSSR count). The van der Waals surface area contributed by atoms with Crippen LogP contribution in [0.5, 0.6) is 0 Å². The Morgan fingerprint density at radius 2 is 1.70 bits per heavy atom. The normalized spacial score (nSPS) is 13.3. The van der Waals surface area contributed by atoms with Crippen molar-refractivity contribution in [2.45, 2.75) is 42.9 Å². The second-order valence-electron chi connectivity index (χ2n) is 5.35. The van der Waals surface area contributed by atoms with Gasteiger partial charge in [0.1, 0.15) is 0 Å². The second-order valence-corrected chi connectivity index (χ2v) is 7.06. The van der Waals surface area contributed by atoms with Gasteiger partial charge in [-0.2, -0.15) is 0 Å². The van der Waals surface area contributed by atoms with E-state index in [1.54, 1.807) is 11.8 Å². The highest BCUT2D eigenvalue weighted by Crippen LogP contribution is 2.27. The average Bonchev–Trinajstić information content (AvgIpc) is 2.59. The summed E-state index contributed by atoms with van der Waals surface area (Å²) in [6.07, 6.45) is 1.65. The molecule has 0 fully saturated rings. The highest BCUT2D eigenvalue weighted by Gasteiger charge is 2.21. The van der Waals surface area contributed by atoms with Gasteiger partial charge in [0.25, 0.3) is 0 Å². The molecule has 0 aromatic heterocycles. The molecule has 2 atom stereocenters. The lowest BCUT2D eigenvalue weighted by Crippen LogP contribution is -2.35. The molecule has 0 radical (unpaired) electrons. The minimum absolute atomic E-state index is 0.0589. The van der Waals surface area contributed by atoms with Gasteiger partial charge in [-0.3, -0.25) is 4.79 Å². The molecule has 0 aliphatic carbocycles. The zero-order chi connectivity index (χ0) is 16.7. The van der Waals surface area contributed by atoms with Gasteiger partial charge in [-0.15, -0.1) is 11.8 Å². The van der Waals surface area contributed by atoms with Crippen LogP contribution in [0.25, 0.3) is 0 Å². The molecule has 0 heterocycles. The molecular formula is C19H22ClNOS. The number of halogens is 1. The fourth-order valence-corrected chi connectivity index (χ4v) is 3.46. The molecule has 0 saturated carbocycles. The predicted octanol–water partition coefficient (Wildman–Crippen LogP) is 5.48. The molecule has 0 bridgehead atoms. The monoisotopic (exact) mass is 347 g/mol. The smallest absolute Gasteiger partial charge is 0.233 e. The van der Waals surface area contributed by atoms with Crippen LogP contribution < -0.4 is 5.32 Å². The van der Waals surface area contributed by atoms with Crippen LogP contribution in [-0.4, -0.2) is 11.2 Å². The van der Waals surface area contributed by atoms with Crippen LogP contribution in [0.1, 0.15) is 38.3 Å². The van der Waals surface area contributed by atoms with Gasteiger partial charge in [0.2, 0.25) is 5.91 Å². The topological polar surface area (TPSA) is 29.1 Å². The molecule has 23 heavy (non-hydrogen) atoms.